The molecule has 1 atom stereocenters. The monoisotopic (exact) mass is 936 g/mol. The number of methoxy groups -OCH3 is 1. The normalized spacial score (nSPS) is 18.4. The van der Waals surface area contributed by atoms with Crippen LogP contribution >= 0.6 is 18.7 Å². The standard InChI is InChI=1S/C49H58ClN8O7P/c1-65-41-30-35(16-15-32(41)29-43-52-31-37(50)39(53-43)28-33-10-6-7-13-42(33)66(2,3)64)55-22-19-34(20-23-55)56-24-26-57(27-25-56)45(60)14-5-4-8-21-51-38-12-9-11-36-46(38)49(63)58(48(36)62)40-17-18-44(59)54-47(40)61/h6-7,9-13,15-16,30-31,34,40,51H,4-5,8,14,17-29H2,1-3H3,(H,54,59,61). The van der Waals surface area contributed by atoms with Crippen LogP contribution in [-0.4, -0.2) is 133 Å². The van der Waals surface area contributed by atoms with Gasteiger partial charge in [-0.3, -0.25) is 39.1 Å². The van der Waals surface area contributed by atoms with Crippen LogP contribution in [0.3, 0.4) is 0 Å². The molecule has 0 bridgehead atoms. The van der Waals surface area contributed by atoms with Crippen LogP contribution in [0.25, 0.3) is 0 Å². The molecule has 1 aromatic heterocycles. The number of ether oxygens (including phenoxy) is 1. The summed E-state index contributed by atoms with van der Waals surface area (Å²) in [7, 11) is -0.797. The number of carbonyl (C=O) groups is 5. The quantitative estimate of drug-likeness (QED) is 0.0792. The molecule has 0 saturated carbocycles. The third kappa shape index (κ3) is 10.5. The third-order valence-electron chi connectivity index (χ3n) is 13.3. The summed E-state index contributed by atoms with van der Waals surface area (Å²) in [6, 6.07) is 18.6. The Bertz CT molecular complexity index is 2550. The summed E-state index contributed by atoms with van der Waals surface area (Å²) in [5.74, 6) is -0.505. The minimum Gasteiger partial charge on any atom is -0.496 e. The molecule has 2 N–H and O–H groups in total. The second-order valence-electron chi connectivity index (χ2n) is 18.0. The van der Waals surface area contributed by atoms with Crippen molar-refractivity contribution in [3.8, 4) is 5.75 Å². The maximum absolute atomic E-state index is 13.4. The van der Waals surface area contributed by atoms with Gasteiger partial charge < -0.3 is 24.4 Å². The van der Waals surface area contributed by atoms with Crippen LogP contribution in [0.4, 0.5) is 11.4 Å². The molecule has 5 amide bonds. The van der Waals surface area contributed by atoms with Crippen molar-refractivity contribution in [2.75, 3.05) is 76.5 Å². The zero-order valence-corrected chi connectivity index (χ0v) is 39.5. The van der Waals surface area contributed by atoms with Crippen LogP contribution in [0.1, 0.15) is 94.7 Å². The average Bonchev–Trinajstić information content (AvgIpc) is 3.57. The van der Waals surface area contributed by atoms with E-state index in [-0.39, 0.29) is 29.9 Å². The lowest BCUT2D eigenvalue weighted by atomic mass is 10.0. The van der Waals surface area contributed by atoms with Gasteiger partial charge in [-0.05, 0) is 69.2 Å². The van der Waals surface area contributed by atoms with E-state index in [1.165, 1.54) is 0 Å². The highest BCUT2D eigenvalue weighted by Crippen LogP contribution is 2.37. The summed E-state index contributed by atoms with van der Waals surface area (Å²) in [6.45, 7) is 9.16. The summed E-state index contributed by atoms with van der Waals surface area (Å²) in [6.07, 6.45) is 7.69. The second-order valence-corrected chi connectivity index (χ2v) is 21.5. The molecule has 3 saturated heterocycles. The van der Waals surface area contributed by atoms with Crippen molar-refractivity contribution in [2.45, 2.75) is 76.3 Å². The first-order valence-electron chi connectivity index (χ1n) is 22.9. The SMILES string of the molecule is COc1cc(N2CCC(N3CCN(C(=O)CCCCCNc4cccc5c4C(=O)N(C4CCC(=O)NC4=O)C5=O)CC3)CC2)ccc1Cc1ncc(Cl)c(Cc2ccccc2P(C)(C)=O)n1. The Morgan fingerprint density at radius 2 is 1.65 bits per heavy atom. The van der Waals surface area contributed by atoms with E-state index >= 15 is 0 Å². The minimum atomic E-state index is -2.48. The van der Waals surface area contributed by atoms with E-state index in [9.17, 15) is 28.5 Å². The molecule has 4 aromatic rings. The first-order valence-corrected chi connectivity index (χ1v) is 25.9. The van der Waals surface area contributed by atoms with Gasteiger partial charge in [-0.25, -0.2) is 9.97 Å². The lowest BCUT2D eigenvalue weighted by Crippen LogP contribution is -2.54. The number of nitrogens with one attached hydrogen (secondary N) is 2. The van der Waals surface area contributed by atoms with Gasteiger partial charge in [0.15, 0.2) is 0 Å². The topological polar surface area (TPSA) is 174 Å². The Morgan fingerprint density at radius 1 is 0.879 bits per heavy atom. The number of piperidine rings is 2. The van der Waals surface area contributed by atoms with Gasteiger partial charge in [0, 0.05) is 112 Å². The number of halogens is 1. The molecule has 15 nitrogen and oxygen atoms in total. The average molecular weight is 937 g/mol. The van der Waals surface area contributed by atoms with Crippen molar-refractivity contribution in [1.29, 1.82) is 0 Å². The zero-order valence-electron chi connectivity index (χ0n) is 37.9. The number of hydrogen-bond donors (Lipinski definition) is 2. The van der Waals surface area contributed by atoms with E-state index < -0.39 is 36.8 Å². The van der Waals surface area contributed by atoms with Crippen molar-refractivity contribution in [1.82, 2.24) is 30.0 Å². The maximum atomic E-state index is 13.4. The fourth-order valence-corrected chi connectivity index (χ4v) is 11.2. The van der Waals surface area contributed by atoms with Gasteiger partial charge in [-0.15, -0.1) is 0 Å². The van der Waals surface area contributed by atoms with Gasteiger partial charge in [0.25, 0.3) is 11.8 Å². The number of amides is 5. The van der Waals surface area contributed by atoms with Crippen LogP contribution in [0.15, 0.2) is 66.9 Å². The lowest BCUT2D eigenvalue weighted by Gasteiger charge is -2.43. The van der Waals surface area contributed by atoms with Crippen LogP contribution in [0, 0.1) is 0 Å². The summed E-state index contributed by atoms with van der Waals surface area (Å²) >= 11 is 6.57. The Kier molecular flexibility index (Phi) is 14.6. The number of unbranched alkanes of at least 4 members (excludes halogenated alkanes) is 2. The number of anilines is 2. The Labute approximate surface area is 391 Å². The highest BCUT2D eigenvalue weighted by Gasteiger charge is 2.45. The van der Waals surface area contributed by atoms with Crippen LogP contribution < -0.4 is 25.6 Å². The van der Waals surface area contributed by atoms with E-state index in [2.05, 4.69) is 43.6 Å². The first kappa shape index (κ1) is 46.9. The number of nitrogens with zero attached hydrogens (tertiary/aromatic N) is 6. The summed E-state index contributed by atoms with van der Waals surface area (Å²) in [4.78, 5) is 81.1. The molecule has 3 aromatic carbocycles. The zero-order chi connectivity index (χ0) is 46.5. The Morgan fingerprint density at radius 3 is 2.39 bits per heavy atom. The molecule has 4 aliphatic heterocycles. The number of carbonyl (C=O) groups excluding carboxylic acids is 5. The molecule has 3 fully saturated rings. The van der Waals surface area contributed by atoms with Crippen molar-refractivity contribution in [2.24, 2.45) is 0 Å². The number of hydrogen-bond acceptors (Lipinski definition) is 12. The molecule has 8 rings (SSSR count). The van der Waals surface area contributed by atoms with Gasteiger partial charge in [0.1, 0.15) is 24.8 Å². The minimum absolute atomic E-state index is 0.0693. The van der Waals surface area contributed by atoms with Gasteiger partial charge in [0.05, 0.1) is 29.0 Å². The number of imide groups is 2. The largest absolute Gasteiger partial charge is 0.496 e. The molecule has 0 radical (unpaired) electrons. The van der Waals surface area contributed by atoms with Gasteiger partial charge in [-0.2, -0.15) is 0 Å². The highest BCUT2D eigenvalue weighted by molar-refractivity contribution is 7.70. The molecular weight excluding hydrogens is 879 g/mol. The molecule has 17 heteroatoms. The summed E-state index contributed by atoms with van der Waals surface area (Å²) in [5, 5.41) is 6.83. The van der Waals surface area contributed by atoms with E-state index in [4.69, 9.17) is 21.3 Å². The number of rotatable bonds is 16. The molecular formula is C49H58ClN8O7P. The predicted octanol–water partition coefficient (Wildman–Crippen LogP) is 5.75. The van der Waals surface area contributed by atoms with Crippen LogP contribution in [-0.2, 0) is 31.8 Å². The smallest absolute Gasteiger partial charge is 0.264 e. The Balaban J connectivity index is 0.750. The molecule has 5 heterocycles. The predicted molar refractivity (Wildman–Crippen MR) is 255 cm³/mol. The van der Waals surface area contributed by atoms with E-state index in [1.807, 2.05) is 29.2 Å². The van der Waals surface area contributed by atoms with Crippen molar-refractivity contribution in [3.05, 3.63) is 106 Å². The van der Waals surface area contributed by atoms with Crippen molar-refractivity contribution < 1.29 is 33.3 Å². The summed E-state index contributed by atoms with van der Waals surface area (Å²) in [5.41, 5.74) is 4.78. The third-order valence-corrected chi connectivity index (χ3v) is 15.2. The molecule has 1 unspecified atom stereocenters. The number of aromatic nitrogens is 2. The molecule has 4 aliphatic rings. The highest BCUT2D eigenvalue weighted by atomic mass is 35.5. The molecule has 348 valence electrons. The van der Waals surface area contributed by atoms with E-state index in [0.717, 1.165) is 104 Å². The number of piperazine rings is 1. The molecule has 0 aliphatic carbocycles. The molecule has 0 spiro atoms. The molecule has 66 heavy (non-hydrogen) atoms. The van der Waals surface area contributed by atoms with E-state index in [1.54, 1.807) is 44.8 Å². The Hall–Kier alpha value is -5.63. The lowest BCUT2D eigenvalue weighted by molar-refractivity contribution is -0.136. The van der Waals surface area contributed by atoms with Crippen LogP contribution in [0.2, 0.25) is 5.02 Å². The fraction of sp³-hybridized carbons (Fsp3) is 0.449. The van der Waals surface area contributed by atoms with Crippen LogP contribution in [0.5, 0.6) is 5.75 Å². The van der Waals surface area contributed by atoms with Gasteiger partial charge in [-0.1, -0.05) is 54.4 Å². The number of fused-ring (bicyclic) bond motifs is 1. The maximum Gasteiger partial charge on any atom is 0.264 e. The first-order chi connectivity index (χ1) is 31.8. The van der Waals surface area contributed by atoms with Gasteiger partial charge >= 0.3 is 0 Å². The van der Waals surface area contributed by atoms with Gasteiger partial charge in [0.2, 0.25) is 17.7 Å². The van der Waals surface area contributed by atoms with Crippen molar-refractivity contribution >= 4 is 65.0 Å². The fourth-order valence-electron chi connectivity index (χ4n) is 9.71. The summed E-state index contributed by atoms with van der Waals surface area (Å²) < 4.78 is 18.9. The van der Waals surface area contributed by atoms with Crippen molar-refractivity contribution in [3.63, 3.8) is 0 Å². The van der Waals surface area contributed by atoms with E-state index in [0.29, 0.717) is 54.1 Å². The number of benzene rings is 3. The second kappa shape index (κ2) is 20.5.